The summed E-state index contributed by atoms with van der Waals surface area (Å²) in [5.41, 5.74) is 2.67. The molecule has 4 heteroatoms. The fourth-order valence-electron chi connectivity index (χ4n) is 2.26. The van der Waals surface area contributed by atoms with Crippen LogP contribution in [0, 0.1) is 0 Å². The number of imidazole rings is 1. The van der Waals surface area contributed by atoms with Gasteiger partial charge in [-0.25, -0.2) is 9.97 Å². The van der Waals surface area contributed by atoms with Crippen LogP contribution >= 0.6 is 0 Å². The minimum atomic E-state index is 0.718. The summed E-state index contributed by atoms with van der Waals surface area (Å²) < 4.78 is 2.01. The molecular weight excluding hydrogens is 212 g/mol. The fraction of sp³-hybridized carbons (Fsp3) is 0.385. The highest BCUT2D eigenvalue weighted by atomic mass is 15.1. The Morgan fingerprint density at radius 3 is 3.12 bits per heavy atom. The first kappa shape index (κ1) is 10.3. The van der Waals surface area contributed by atoms with E-state index in [-0.39, 0.29) is 0 Å². The Morgan fingerprint density at radius 1 is 1.35 bits per heavy atom. The lowest BCUT2D eigenvalue weighted by molar-refractivity contribution is 0.810. The van der Waals surface area contributed by atoms with Crippen LogP contribution in [0.4, 0.5) is 5.82 Å². The number of fused-ring (bicyclic) bond motifs is 1. The van der Waals surface area contributed by atoms with Gasteiger partial charge in [-0.1, -0.05) is 6.07 Å². The molecule has 88 valence electrons. The van der Waals surface area contributed by atoms with E-state index in [1.54, 1.807) is 0 Å². The van der Waals surface area contributed by atoms with Crippen molar-refractivity contribution < 1.29 is 0 Å². The van der Waals surface area contributed by atoms with Crippen molar-refractivity contribution in [3.63, 3.8) is 0 Å². The molecule has 2 heterocycles. The summed E-state index contributed by atoms with van der Waals surface area (Å²) in [6.07, 6.45) is 7.31. The van der Waals surface area contributed by atoms with Crippen molar-refractivity contribution in [2.45, 2.75) is 25.8 Å². The smallest absolute Gasteiger partial charge is 0.127 e. The molecule has 1 aliphatic rings. The molecule has 2 aromatic rings. The molecular formula is C13H16N4. The molecule has 0 aliphatic heterocycles. The molecule has 0 saturated carbocycles. The lowest BCUT2D eigenvalue weighted by Crippen LogP contribution is -2.07. The minimum absolute atomic E-state index is 0.718. The van der Waals surface area contributed by atoms with Crippen molar-refractivity contribution in [1.82, 2.24) is 14.5 Å². The molecule has 0 spiro atoms. The Hall–Kier alpha value is -1.84. The lowest BCUT2D eigenvalue weighted by atomic mass is 10.2. The zero-order valence-electron chi connectivity index (χ0n) is 9.98. The Balaban J connectivity index is 1.72. The number of hydrogen-bond acceptors (Lipinski definition) is 3. The van der Waals surface area contributed by atoms with Gasteiger partial charge < -0.3 is 9.88 Å². The Labute approximate surface area is 101 Å². The van der Waals surface area contributed by atoms with Crippen LogP contribution in [0.1, 0.15) is 23.5 Å². The summed E-state index contributed by atoms with van der Waals surface area (Å²) in [6.45, 7) is 0.718. The molecule has 17 heavy (non-hydrogen) atoms. The van der Waals surface area contributed by atoms with Crippen LogP contribution in [0.3, 0.4) is 0 Å². The first-order valence-corrected chi connectivity index (χ1v) is 6.02. The van der Waals surface area contributed by atoms with Gasteiger partial charge in [0.05, 0.1) is 6.54 Å². The van der Waals surface area contributed by atoms with E-state index in [0.717, 1.165) is 24.6 Å². The first-order chi connectivity index (χ1) is 8.33. The van der Waals surface area contributed by atoms with Crippen molar-refractivity contribution in [3.05, 3.63) is 41.6 Å². The highest BCUT2D eigenvalue weighted by Gasteiger charge is 2.12. The van der Waals surface area contributed by atoms with Crippen LogP contribution in [0.25, 0.3) is 0 Å². The van der Waals surface area contributed by atoms with Crippen molar-refractivity contribution >= 4 is 5.82 Å². The standard InChI is InChI=1S/C13H16N4/c1-17-8-7-14-13(17)9-15-12-6-5-10-3-2-4-11(10)16-12/h5-8H,2-4,9H2,1H3,(H,15,16). The third kappa shape index (κ3) is 2.02. The molecule has 0 amide bonds. The van der Waals surface area contributed by atoms with E-state index in [2.05, 4.69) is 27.4 Å². The molecule has 0 bridgehead atoms. The number of anilines is 1. The van der Waals surface area contributed by atoms with Crippen LogP contribution in [0.2, 0.25) is 0 Å². The van der Waals surface area contributed by atoms with Crippen LogP contribution < -0.4 is 5.32 Å². The van der Waals surface area contributed by atoms with Gasteiger partial charge in [0.2, 0.25) is 0 Å². The number of nitrogens with one attached hydrogen (secondary N) is 1. The highest BCUT2D eigenvalue weighted by Crippen LogP contribution is 2.21. The Kier molecular flexibility index (Phi) is 2.55. The van der Waals surface area contributed by atoms with Gasteiger partial charge in [0.25, 0.3) is 0 Å². The predicted octanol–water partition coefficient (Wildman–Crippen LogP) is 1.92. The van der Waals surface area contributed by atoms with E-state index < -0.39 is 0 Å². The number of hydrogen-bond donors (Lipinski definition) is 1. The van der Waals surface area contributed by atoms with E-state index in [9.17, 15) is 0 Å². The second-order valence-electron chi connectivity index (χ2n) is 4.46. The Bertz CT molecular complexity index is 530. The van der Waals surface area contributed by atoms with Crippen molar-refractivity contribution in [2.75, 3.05) is 5.32 Å². The van der Waals surface area contributed by atoms with Gasteiger partial charge in [-0.3, -0.25) is 0 Å². The molecule has 4 nitrogen and oxygen atoms in total. The molecule has 1 N–H and O–H groups in total. The van der Waals surface area contributed by atoms with Crippen LogP contribution in [0.15, 0.2) is 24.5 Å². The summed E-state index contributed by atoms with van der Waals surface area (Å²) in [7, 11) is 2.00. The molecule has 1 aliphatic carbocycles. The van der Waals surface area contributed by atoms with E-state index in [1.807, 2.05) is 24.0 Å². The quantitative estimate of drug-likeness (QED) is 0.872. The summed E-state index contributed by atoms with van der Waals surface area (Å²) in [5, 5.41) is 3.32. The zero-order chi connectivity index (χ0) is 11.7. The van der Waals surface area contributed by atoms with E-state index in [4.69, 9.17) is 0 Å². The number of nitrogens with zero attached hydrogens (tertiary/aromatic N) is 3. The molecule has 0 fully saturated rings. The van der Waals surface area contributed by atoms with Gasteiger partial charge in [0.1, 0.15) is 11.6 Å². The maximum atomic E-state index is 4.63. The third-order valence-electron chi connectivity index (χ3n) is 3.28. The molecule has 0 saturated heterocycles. The molecule has 0 unspecified atom stereocenters. The first-order valence-electron chi connectivity index (χ1n) is 6.02. The topological polar surface area (TPSA) is 42.7 Å². The SMILES string of the molecule is Cn1ccnc1CNc1ccc2c(n1)CCC2. The lowest BCUT2D eigenvalue weighted by Gasteiger charge is -2.07. The van der Waals surface area contributed by atoms with Gasteiger partial charge in [-0.05, 0) is 30.9 Å². The van der Waals surface area contributed by atoms with Crippen LogP contribution in [-0.2, 0) is 26.4 Å². The molecule has 0 radical (unpaired) electrons. The zero-order valence-corrected chi connectivity index (χ0v) is 9.98. The van der Waals surface area contributed by atoms with Gasteiger partial charge in [0.15, 0.2) is 0 Å². The highest BCUT2D eigenvalue weighted by molar-refractivity contribution is 5.40. The molecule has 0 aromatic carbocycles. The van der Waals surface area contributed by atoms with Gasteiger partial charge >= 0.3 is 0 Å². The summed E-state index contributed by atoms with van der Waals surface area (Å²) >= 11 is 0. The van der Waals surface area contributed by atoms with Crippen molar-refractivity contribution in [2.24, 2.45) is 7.05 Å². The fourth-order valence-corrected chi connectivity index (χ4v) is 2.26. The van der Waals surface area contributed by atoms with E-state index in [0.29, 0.717) is 0 Å². The van der Waals surface area contributed by atoms with Gasteiger partial charge in [0, 0.05) is 25.1 Å². The van der Waals surface area contributed by atoms with Crippen molar-refractivity contribution in [3.8, 4) is 0 Å². The number of aryl methyl sites for hydroxylation is 3. The Morgan fingerprint density at radius 2 is 2.29 bits per heavy atom. The number of pyridine rings is 1. The normalized spacial score (nSPS) is 13.7. The number of aromatic nitrogens is 3. The third-order valence-corrected chi connectivity index (χ3v) is 3.28. The monoisotopic (exact) mass is 228 g/mol. The van der Waals surface area contributed by atoms with Crippen LogP contribution in [0.5, 0.6) is 0 Å². The van der Waals surface area contributed by atoms with Crippen molar-refractivity contribution in [1.29, 1.82) is 0 Å². The van der Waals surface area contributed by atoms with E-state index in [1.165, 1.54) is 24.1 Å². The predicted molar refractivity (Wildman–Crippen MR) is 66.8 cm³/mol. The average Bonchev–Trinajstić information content (AvgIpc) is 2.94. The van der Waals surface area contributed by atoms with E-state index >= 15 is 0 Å². The second-order valence-corrected chi connectivity index (χ2v) is 4.46. The summed E-state index contributed by atoms with van der Waals surface area (Å²) in [5.74, 6) is 1.97. The van der Waals surface area contributed by atoms with Crippen LogP contribution in [-0.4, -0.2) is 14.5 Å². The minimum Gasteiger partial charge on any atom is -0.363 e. The number of rotatable bonds is 3. The average molecular weight is 228 g/mol. The van der Waals surface area contributed by atoms with Gasteiger partial charge in [-0.2, -0.15) is 0 Å². The molecule has 0 atom stereocenters. The molecule has 2 aromatic heterocycles. The second kappa shape index (κ2) is 4.20. The maximum absolute atomic E-state index is 4.63. The maximum Gasteiger partial charge on any atom is 0.127 e. The summed E-state index contributed by atoms with van der Waals surface area (Å²) in [4.78, 5) is 8.91. The summed E-state index contributed by atoms with van der Waals surface area (Å²) in [6, 6.07) is 4.25. The van der Waals surface area contributed by atoms with Gasteiger partial charge in [-0.15, -0.1) is 0 Å². The molecule has 3 rings (SSSR count). The largest absolute Gasteiger partial charge is 0.363 e.